The first-order chi connectivity index (χ1) is 9.15. The quantitative estimate of drug-likeness (QED) is 0.599. The van der Waals surface area contributed by atoms with Crippen LogP contribution in [0.4, 0.5) is 0 Å². The lowest BCUT2D eigenvalue weighted by atomic mass is 10.1. The fraction of sp³-hybridized carbons (Fsp3) is 0.538. The van der Waals surface area contributed by atoms with Crippen LogP contribution in [0.15, 0.2) is 30.3 Å². The monoisotopic (exact) mass is 303 g/mol. The minimum atomic E-state index is -3.38. The highest BCUT2D eigenvalue weighted by Crippen LogP contribution is 2.32. The van der Waals surface area contributed by atoms with Gasteiger partial charge in [-0.15, -0.1) is 11.6 Å². The van der Waals surface area contributed by atoms with Gasteiger partial charge >= 0.3 is 0 Å². The van der Waals surface area contributed by atoms with E-state index in [1.807, 2.05) is 30.3 Å². The molecule has 1 aliphatic rings. The van der Waals surface area contributed by atoms with Crippen LogP contribution >= 0.6 is 11.6 Å². The van der Waals surface area contributed by atoms with Gasteiger partial charge in [0.05, 0.1) is 18.4 Å². The molecule has 1 fully saturated rings. The molecule has 106 valence electrons. The van der Waals surface area contributed by atoms with Crippen LogP contribution in [0, 0.1) is 0 Å². The normalized spacial score (nSPS) is 20.8. The van der Waals surface area contributed by atoms with Gasteiger partial charge in [-0.25, -0.2) is 8.42 Å². The van der Waals surface area contributed by atoms with Crippen molar-refractivity contribution in [2.24, 2.45) is 0 Å². The van der Waals surface area contributed by atoms with Crippen molar-refractivity contribution < 1.29 is 13.3 Å². The fourth-order valence-electron chi connectivity index (χ4n) is 2.16. The van der Waals surface area contributed by atoms with Gasteiger partial charge in [0.25, 0.3) is 0 Å². The second-order valence-corrected chi connectivity index (χ2v) is 6.83. The van der Waals surface area contributed by atoms with Crippen LogP contribution in [0.5, 0.6) is 0 Å². The van der Waals surface area contributed by atoms with E-state index >= 15 is 0 Å². The van der Waals surface area contributed by atoms with Crippen LogP contribution in [0.3, 0.4) is 0 Å². The number of alkyl halides is 1. The van der Waals surface area contributed by atoms with E-state index < -0.39 is 10.0 Å². The first-order valence-electron chi connectivity index (χ1n) is 6.41. The molecule has 1 aromatic rings. The van der Waals surface area contributed by atoms with Crippen LogP contribution in [0.1, 0.15) is 30.9 Å². The third-order valence-electron chi connectivity index (χ3n) is 3.11. The SMILES string of the molecule is O=S(=O)(CCCCCl)N1OCC[C@H]1c1ccccc1. The van der Waals surface area contributed by atoms with E-state index in [2.05, 4.69) is 0 Å². The standard InChI is InChI=1S/C13H18ClNO3S/c14-9-4-5-11-19(16,17)15-13(8-10-18-15)12-6-2-1-3-7-12/h1-3,6-7,13H,4-5,8-11H2/t13-/m0/s1. The molecule has 6 heteroatoms. The van der Waals surface area contributed by atoms with Crippen LogP contribution < -0.4 is 0 Å². The predicted octanol–water partition coefficient (Wildman–Crippen LogP) is 2.71. The zero-order valence-corrected chi connectivity index (χ0v) is 12.2. The van der Waals surface area contributed by atoms with Gasteiger partial charge in [-0.1, -0.05) is 34.8 Å². The second-order valence-electron chi connectivity index (χ2n) is 4.52. The maximum atomic E-state index is 12.2. The first kappa shape index (κ1) is 14.8. The Balaban J connectivity index is 2.10. The largest absolute Gasteiger partial charge is 0.284 e. The van der Waals surface area contributed by atoms with Crippen molar-refractivity contribution in [3.05, 3.63) is 35.9 Å². The van der Waals surface area contributed by atoms with Gasteiger partial charge in [0.1, 0.15) is 0 Å². The summed E-state index contributed by atoms with van der Waals surface area (Å²) >= 11 is 5.57. The average molecular weight is 304 g/mol. The number of halogens is 1. The molecule has 0 amide bonds. The smallest absolute Gasteiger partial charge is 0.236 e. The minimum absolute atomic E-state index is 0.0864. The summed E-state index contributed by atoms with van der Waals surface area (Å²) in [6.07, 6.45) is 1.95. The Morgan fingerprint density at radius 1 is 1.26 bits per heavy atom. The first-order valence-corrected chi connectivity index (χ1v) is 8.55. The summed E-state index contributed by atoms with van der Waals surface area (Å²) in [5, 5.41) is 0. The van der Waals surface area contributed by atoms with Crippen molar-refractivity contribution in [1.29, 1.82) is 0 Å². The van der Waals surface area contributed by atoms with Gasteiger partial charge in [0, 0.05) is 5.88 Å². The lowest BCUT2D eigenvalue weighted by Crippen LogP contribution is -2.31. The van der Waals surface area contributed by atoms with Crippen molar-refractivity contribution in [1.82, 2.24) is 4.47 Å². The number of rotatable bonds is 6. The highest BCUT2D eigenvalue weighted by Gasteiger charge is 2.36. The van der Waals surface area contributed by atoms with Gasteiger partial charge in [0.2, 0.25) is 10.0 Å². The Morgan fingerprint density at radius 3 is 2.68 bits per heavy atom. The van der Waals surface area contributed by atoms with E-state index in [0.717, 1.165) is 5.56 Å². The van der Waals surface area contributed by atoms with E-state index in [1.54, 1.807) is 0 Å². The van der Waals surface area contributed by atoms with Crippen LogP contribution in [-0.4, -0.2) is 31.1 Å². The molecule has 0 bridgehead atoms. The topological polar surface area (TPSA) is 46.6 Å². The molecule has 1 aliphatic heterocycles. The van der Waals surface area contributed by atoms with E-state index in [1.165, 1.54) is 4.47 Å². The van der Waals surface area contributed by atoms with Gasteiger partial charge in [-0.3, -0.25) is 4.84 Å². The van der Waals surface area contributed by atoms with Crippen LogP contribution in [-0.2, 0) is 14.9 Å². The molecule has 1 aromatic carbocycles. The third kappa shape index (κ3) is 3.69. The van der Waals surface area contributed by atoms with Crippen molar-refractivity contribution in [2.75, 3.05) is 18.2 Å². The van der Waals surface area contributed by atoms with Gasteiger partial charge < -0.3 is 0 Å². The number of hydrogen-bond donors (Lipinski definition) is 0. The van der Waals surface area contributed by atoms with Gasteiger partial charge in [0.15, 0.2) is 0 Å². The minimum Gasteiger partial charge on any atom is -0.284 e. The maximum absolute atomic E-state index is 12.2. The van der Waals surface area contributed by atoms with E-state index in [9.17, 15) is 8.42 Å². The molecule has 0 aliphatic carbocycles. The summed E-state index contributed by atoms with van der Waals surface area (Å²) in [4.78, 5) is 5.33. The Kier molecular flexibility index (Phi) is 5.21. The summed E-state index contributed by atoms with van der Waals surface area (Å²) in [7, 11) is -3.38. The zero-order chi connectivity index (χ0) is 13.7. The molecule has 0 aromatic heterocycles. The fourth-order valence-corrected chi connectivity index (χ4v) is 3.94. The molecular formula is C13H18ClNO3S. The molecule has 2 rings (SSSR count). The number of unbranched alkanes of at least 4 members (excludes halogenated alkanes) is 1. The number of nitrogens with zero attached hydrogens (tertiary/aromatic N) is 1. The molecule has 19 heavy (non-hydrogen) atoms. The number of sulfonamides is 1. The molecule has 0 N–H and O–H groups in total. The van der Waals surface area contributed by atoms with Crippen molar-refractivity contribution in [2.45, 2.75) is 25.3 Å². The summed E-state index contributed by atoms with van der Waals surface area (Å²) in [5.74, 6) is 0.571. The summed E-state index contributed by atoms with van der Waals surface area (Å²) in [6, 6.07) is 9.39. The molecule has 0 unspecified atom stereocenters. The molecule has 1 saturated heterocycles. The Hall–Kier alpha value is -0.620. The second kappa shape index (κ2) is 6.70. The molecule has 0 spiro atoms. The number of hydroxylamine groups is 1. The van der Waals surface area contributed by atoms with Crippen molar-refractivity contribution in [3.8, 4) is 0 Å². The number of hydrogen-bond acceptors (Lipinski definition) is 3. The van der Waals surface area contributed by atoms with E-state index in [4.69, 9.17) is 16.4 Å². The van der Waals surface area contributed by atoms with E-state index in [-0.39, 0.29) is 11.8 Å². The Bertz CT molecular complexity index is 492. The Morgan fingerprint density at radius 2 is 2.00 bits per heavy atom. The van der Waals surface area contributed by atoms with Crippen molar-refractivity contribution >= 4 is 21.6 Å². The maximum Gasteiger partial charge on any atom is 0.236 e. The Labute approximate surface area is 119 Å². The summed E-state index contributed by atoms with van der Waals surface area (Å²) in [6.45, 7) is 0.439. The van der Waals surface area contributed by atoms with E-state index in [0.29, 0.717) is 31.7 Å². The highest BCUT2D eigenvalue weighted by molar-refractivity contribution is 7.88. The highest BCUT2D eigenvalue weighted by atomic mass is 35.5. The molecule has 0 saturated carbocycles. The lowest BCUT2D eigenvalue weighted by Gasteiger charge is -2.22. The predicted molar refractivity (Wildman–Crippen MR) is 75.3 cm³/mol. The van der Waals surface area contributed by atoms with Crippen molar-refractivity contribution in [3.63, 3.8) is 0 Å². The van der Waals surface area contributed by atoms with Gasteiger partial charge in [-0.05, 0) is 24.8 Å². The molecular weight excluding hydrogens is 286 g/mol. The lowest BCUT2D eigenvalue weighted by molar-refractivity contribution is -0.0499. The third-order valence-corrected chi connectivity index (χ3v) is 5.09. The average Bonchev–Trinajstić information content (AvgIpc) is 2.90. The van der Waals surface area contributed by atoms with Crippen LogP contribution in [0.2, 0.25) is 0 Å². The summed E-state index contributed by atoms with van der Waals surface area (Å²) in [5.41, 5.74) is 0.973. The molecule has 1 atom stereocenters. The summed E-state index contributed by atoms with van der Waals surface area (Å²) < 4.78 is 25.7. The molecule has 4 nitrogen and oxygen atoms in total. The number of benzene rings is 1. The molecule has 0 radical (unpaired) electrons. The molecule has 1 heterocycles. The van der Waals surface area contributed by atoms with Crippen LogP contribution in [0.25, 0.3) is 0 Å². The zero-order valence-electron chi connectivity index (χ0n) is 10.7. The van der Waals surface area contributed by atoms with Gasteiger partial charge in [-0.2, -0.15) is 0 Å².